The summed E-state index contributed by atoms with van der Waals surface area (Å²) in [4.78, 5) is 13.7. The Labute approximate surface area is 154 Å². The summed E-state index contributed by atoms with van der Waals surface area (Å²) in [5, 5.41) is 3.83. The van der Waals surface area contributed by atoms with Gasteiger partial charge in [0.05, 0.1) is 0 Å². The van der Waals surface area contributed by atoms with E-state index >= 15 is 0 Å². The molecule has 0 aliphatic carbocycles. The van der Waals surface area contributed by atoms with Crippen molar-refractivity contribution in [2.45, 2.75) is 122 Å². The van der Waals surface area contributed by atoms with Crippen LogP contribution in [0, 0.1) is 0 Å². The smallest absolute Gasteiger partial charge is 0.296 e. The Bertz CT molecular complexity index is 453. The molecule has 4 nitrogen and oxygen atoms in total. The van der Waals surface area contributed by atoms with Gasteiger partial charge in [-0.05, 0) is 12.8 Å². The second kappa shape index (κ2) is 15.2. The van der Waals surface area contributed by atoms with E-state index in [1.807, 2.05) is 0 Å². The van der Waals surface area contributed by atoms with Gasteiger partial charge in [-0.15, -0.1) is 0 Å². The molecule has 1 heterocycles. The Hall–Kier alpha value is -1.06. The number of aromatic nitrogens is 2. The minimum Gasteiger partial charge on any atom is -0.296 e. The van der Waals surface area contributed by atoms with Crippen molar-refractivity contribution < 1.29 is 4.52 Å². The standard InChI is InChI=1S/C21H40N2O2/c1-3-5-6-7-8-9-10-11-12-13-14-15-16-17-18-19(4-2)20-22-21(24)25-23-20/h19H,3-18H2,1-2H3,(H,22,23,24). The quantitative estimate of drug-likeness (QED) is 0.316. The summed E-state index contributed by atoms with van der Waals surface area (Å²) in [5.74, 6) is 0.625. The fraction of sp³-hybridized carbons (Fsp3) is 0.905. The van der Waals surface area contributed by atoms with Gasteiger partial charge >= 0.3 is 5.76 Å². The number of hydrogen-bond acceptors (Lipinski definition) is 3. The van der Waals surface area contributed by atoms with Crippen molar-refractivity contribution in [1.29, 1.82) is 0 Å². The van der Waals surface area contributed by atoms with Gasteiger partial charge in [0.15, 0.2) is 5.82 Å². The summed E-state index contributed by atoms with van der Waals surface area (Å²) in [6.07, 6.45) is 21.5. The molecule has 4 heteroatoms. The summed E-state index contributed by atoms with van der Waals surface area (Å²) < 4.78 is 4.61. The molecule has 0 aliphatic heterocycles. The molecule has 1 N–H and O–H groups in total. The van der Waals surface area contributed by atoms with Gasteiger partial charge in [0.25, 0.3) is 0 Å². The number of H-pyrrole nitrogens is 1. The third kappa shape index (κ3) is 11.2. The van der Waals surface area contributed by atoms with E-state index < -0.39 is 5.76 Å². The average molecular weight is 353 g/mol. The Kier molecular flexibility index (Phi) is 13.4. The van der Waals surface area contributed by atoms with Gasteiger partial charge in [-0.25, -0.2) is 4.79 Å². The first-order valence-electron chi connectivity index (χ1n) is 10.8. The highest BCUT2D eigenvalue weighted by atomic mass is 16.5. The van der Waals surface area contributed by atoms with Crippen molar-refractivity contribution in [3.8, 4) is 0 Å². The Morgan fingerprint density at radius 2 is 1.28 bits per heavy atom. The number of rotatable bonds is 17. The first-order chi connectivity index (χ1) is 12.3. The van der Waals surface area contributed by atoms with Crippen LogP contribution < -0.4 is 5.76 Å². The van der Waals surface area contributed by atoms with E-state index in [0.29, 0.717) is 5.92 Å². The minimum atomic E-state index is -0.436. The first-order valence-corrected chi connectivity index (χ1v) is 10.8. The molecule has 1 rings (SSSR count). The molecular weight excluding hydrogens is 312 g/mol. The lowest BCUT2D eigenvalue weighted by atomic mass is 9.97. The summed E-state index contributed by atoms with van der Waals surface area (Å²) in [6.45, 7) is 4.42. The van der Waals surface area contributed by atoms with Crippen LogP contribution in [0.2, 0.25) is 0 Å². The van der Waals surface area contributed by atoms with Crippen molar-refractivity contribution in [2.24, 2.45) is 0 Å². The van der Waals surface area contributed by atoms with E-state index in [-0.39, 0.29) is 0 Å². The van der Waals surface area contributed by atoms with E-state index in [0.717, 1.165) is 18.7 Å². The molecule has 0 amide bonds. The largest absolute Gasteiger partial charge is 0.438 e. The second-order valence-electron chi connectivity index (χ2n) is 7.47. The Morgan fingerprint density at radius 3 is 1.68 bits per heavy atom. The van der Waals surface area contributed by atoms with E-state index in [2.05, 4.69) is 28.5 Å². The fourth-order valence-corrected chi connectivity index (χ4v) is 3.54. The summed E-state index contributed by atoms with van der Waals surface area (Å²) in [6, 6.07) is 0. The predicted octanol–water partition coefficient (Wildman–Crippen LogP) is 6.73. The van der Waals surface area contributed by atoms with Crippen molar-refractivity contribution in [3.05, 3.63) is 16.4 Å². The molecule has 1 unspecified atom stereocenters. The first kappa shape index (κ1) is 22.0. The topological polar surface area (TPSA) is 58.9 Å². The highest BCUT2D eigenvalue weighted by molar-refractivity contribution is 4.90. The Balaban J connectivity index is 1.86. The number of nitrogens with one attached hydrogen (secondary N) is 1. The second-order valence-corrected chi connectivity index (χ2v) is 7.47. The lowest BCUT2D eigenvalue weighted by Crippen LogP contribution is -2.03. The van der Waals surface area contributed by atoms with Gasteiger partial charge in [-0.3, -0.25) is 9.51 Å². The Morgan fingerprint density at radius 1 is 0.800 bits per heavy atom. The number of unbranched alkanes of at least 4 members (excludes halogenated alkanes) is 13. The number of nitrogens with zero attached hydrogens (tertiary/aromatic N) is 1. The summed E-state index contributed by atoms with van der Waals surface area (Å²) >= 11 is 0. The normalized spacial score (nSPS) is 12.6. The van der Waals surface area contributed by atoms with Gasteiger partial charge < -0.3 is 0 Å². The molecule has 0 aromatic carbocycles. The number of aromatic amines is 1. The average Bonchev–Trinajstić information content (AvgIpc) is 3.04. The van der Waals surface area contributed by atoms with Crippen LogP contribution in [0.1, 0.15) is 128 Å². The third-order valence-corrected chi connectivity index (χ3v) is 5.24. The third-order valence-electron chi connectivity index (χ3n) is 5.24. The van der Waals surface area contributed by atoms with Crippen LogP contribution in [0.4, 0.5) is 0 Å². The van der Waals surface area contributed by atoms with Crippen LogP contribution in [-0.2, 0) is 0 Å². The van der Waals surface area contributed by atoms with Gasteiger partial charge in [0.1, 0.15) is 0 Å². The molecule has 1 aromatic heterocycles. The molecule has 0 aliphatic rings. The van der Waals surface area contributed by atoms with Crippen LogP contribution in [0.25, 0.3) is 0 Å². The molecule has 0 fully saturated rings. The van der Waals surface area contributed by atoms with Gasteiger partial charge in [-0.1, -0.05) is 109 Å². The maximum Gasteiger partial charge on any atom is 0.438 e. The lowest BCUT2D eigenvalue weighted by molar-refractivity contribution is 0.373. The zero-order chi connectivity index (χ0) is 18.2. The highest BCUT2D eigenvalue weighted by Gasteiger charge is 2.13. The van der Waals surface area contributed by atoms with E-state index in [4.69, 9.17) is 0 Å². The van der Waals surface area contributed by atoms with E-state index in [1.54, 1.807) is 0 Å². The molecule has 1 atom stereocenters. The van der Waals surface area contributed by atoms with Gasteiger partial charge in [0, 0.05) is 5.92 Å². The molecule has 0 saturated carbocycles. The van der Waals surface area contributed by atoms with Crippen LogP contribution in [0.3, 0.4) is 0 Å². The van der Waals surface area contributed by atoms with Gasteiger partial charge in [-0.2, -0.15) is 0 Å². The van der Waals surface area contributed by atoms with Crippen molar-refractivity contribution in [2.75, 3.05) is 0 Å². The van der Waals surface area contributed by atoms with Crippen molar-refractivity contribution in [1.82, 2.24) is 10.1 Å². The van der Waals surface area contributed by atoms with Crippen molar-refractivity contribution >= 4 is 0 Å². The molecule has 25 heavy (non-hydrogen) atoms. The molecular formula is C21H40N2O2. The lowest BCUT2D eigenvalue weighted by Gasteiger charge is -2.10. The van der Waals surface area contributed by atoms with E-state index in [1.165, 1.54) is 89.9 Å². The fourth-order valence-electron chi connectivity index (χ4n) is 3.54. The predicted molar refractivity (Wildman–Crippen MR) is 105 cm³/mol. The summed E-state index contributed by atoms with van der Waals surface area (Å²) in [7, 11) is 0. The maximum atomic E-state index is 11.0. The van der Waals surface area contributed by atoms with E-state index in [9.17, 15) is 4.79 Å². The van der Waals surface area contributed by atoms with Crippen molar-refractivity contribution in [3.63, 3.8) is 0 Å². The van der Waals surface area contributed by atoms with Crippen LogP contribution in [0.15, 0.2) is 9.32 Å². The zero-order valence-electron chi connectivity index (χ0n) is 16.7. The highest BCUT2D eigenvalue weighted by Crippen LogP contribution is 2.22. The molecule has 0 radical (unpaired) electrons. The number of hydrogen-bond donors (Lipinski definition) is 1. The van der Waals surface area contributed by atoms with Gasteiger partial charge in [0.2, 0.25) is 0 Å². The van der Waals surface area contributed by atoms with Crippen LogP contribution in [-0.4, -0.2) is 10.1 Å². The molecule has 0 saturated heterocycles. The summed E-state index contributed by atoms with van der Waals surface area (Å²) in [5.41, 5.74) is 0. The zero-order valence-corrected chi connectivity index (χ0v) is 16.7. The monoisotopic (exact) mass is 352 g/mol. The SMILES string of the molecule is CCCCCCCCCCCCCCCCC(CC)c1noc(=O)[nH]1. The molecule has 0 bridgehead atoms. The molecule has 0 spiro atoms. The molecule has 146 valence electrons. The minimum absolute atomic E-state index is 0.337. The maximum absolute atomic E-state index is 11.0. The van der Waals surface area contributed by atoms with Crippen LogP contribution >= 0.6 is 0 Å². The van der Waals surface area contributed by atoms with Crippen LogP contribution in [0.5, 0.6) is 0 Å². The molecule has 1 aromatic rings.